The van der Waals surface area contributed by atoms with Crippen LogP contribution in [0.1, 0.15) is 35.6 Å². The lowest BCUT2D eigenvalue weighted by molar-refractivity contribution is 0.309. The normalized spacial score (nSPS) is 16.9. The average Bonchev–Trinajstić information content (AvgIpc) is 3.30. The van der Waals surface area contributed by atoms with Crippen LogP contribution in [0.25, 0.3) is 17.2 Å². The van der Waals surface area contributed by atoms with Gasteiger partial charge in [0, 0.05) is 37.0 Å². The van der Waals surface area contributed by atoms with Crippen molar-refractivity contribution in [3.8, 4) is 17.2 Å². The van der Waals surface area contributed by atoms with Gasteiger partial charge in [0.1, 0.15) is 5.82 Å². The molecular formula is C26H26FN5O2S. The largest absolute Gasteiger partial charge is 0.250 e. The minimum atomic E-state index is -3.49. The molecule has 0 aliphatic carbocycles. The van der Waals surface area contributed by atoms with Crippen LogP contribution < -0.4 is 0 Å². The zero-order valence-electron chi connectivity index (χ0n) is 19.4. The van der Waals surface area contributed by atoms with Crippen molar-refractivity contribution in [2.75, 3.05) is 13.1 Å². The SMILES string of the molecule is Cc1cccc(CS(=O)(=O)N2CCCC(c3cc(-c4ccc(F)cc4)nn3-c3ncccn3)C2)c1. The predicted octanol–water partition coefficient (Wildman–Crippen LogP) is 4.49. The van der Waals surface area contributed by atoms with Crippen LogP contribution in [0.4, 0.5) is 4.39 Å². The molecule has 0 bridgehead atoms. The first-order chi connectivity index (χ1) is 16.9. The highest BCUT2D eigenvalue weighted by Gasteiger charge is 2.32. The highest BCUT2D eigenvalue weighted by Crippen LogP contribution is 2.33. The molecule has 1 aliphatic heterocycles. The van der Waals surface area contributed by atoms with E-state index in [9.17, 15) is 12.8 Å². The number of aryl methyl sites for hydroxylation is 1. The Morgan fingerprint density at radius 3 is 2.54 bits per heavy atom. The average molecular weight is 492 g/mol. The lowest BCUT2D eigenvalue weighted by Crippen LogP contribution is -2.40. The molecule has 0 radical (unpaired) electrons. The van der Waals surface area contributed by atoms with Gasteiger partial charge in [-0.25, -0.2) is 31.8 Å². The Hall–Kier alpha value is -3.43. The van der Waals surface area contributed by atoms with Gasteiger partial charge in [-0.15, -0.1) is 0 Å². The summed E-state index contributed by atoms with van der Waals surface area (Å²) in [5.74, 6) is -0.0118. The number of aromatic nitrogens is 4. The molecule has 4 aromatic rings. The van der Waals surface area contributed by atoms with E-state index in [4.69, 9.17) is 5.10 Å². The summed E-state index contributed by atoms with van der Waals surface area (Å²) >= 11 is 0. The first-order valence-electron chi connectivity index (χ1n) is 11.6. The molecule has 0 N–H and O–H groups in total. The minimum Gasteiger partial charge on any atom is -0.220 e. The fraction of sp³-hybridized carbons (Fsp3) is 0.269. The highest BCUT2D eigenvalue weighted by atomic mass is 32.2. The van der Waals surface area contributed by atoms with Crippen LogP contribution in [0.3, 0.4) is 0 Å². The Kier molecular flexibility index (Phi) is 6.44. The molecule has 3 heterocycles. The number of hydrogen-bond acceptors (Lipinski definition) is 5. The van der Waals surface area contributed by atoms with Gasteiger partial charge in [0.05, 0.1) is 17.1 Å². The maximum Gasteiger partial charge on any atom is 0.250 e. The van der Waals surface area contributed by atoms with Crippen molar-refractivity contribution in [3.05, 3.63) is 95.7 Å². The molecule has 5 rings (SSSR count). The van der Waals surface area contributed by atoms with Crippen molar-refractivity contribution in [3.63, 3.8) is 0 Å². The van der Waals surface area contributed by atoms with E-state index >= 15 is 0 Å². The quantitative estimate of drug-likeness (QED) is 0.397. The highest BCUT2D eigenvalue weighted by molar-refractivity contribution is 7.88. The first-order valence-corrected chi connectivity index (χ1v) is 13.2. The van der Waals surface area contributed by atoms with Crippen molar-refractivity contribution in [2.24, 2.45) is 0 Å². The number of sulfonamides is 1. The van der Waals surface area contributed by atoms with Crippen LogP contribution in [0.5, 0.6) is 0 Å². The lowest BCUT2D eigenvalue weighted by atomic mass is 9.95. The van der Waals surface area contributed by atoms with E-state index in [0.29, 0.717) is 24.7 Å². The molecule has 2 aromatic carbocycles. The summed E-state index contributed by atoms with van der Waals surface area (Å²) in [6.45, 7) is 2.81. The van der Waals surface area contributed by atoms with Crippen molar-refractivity contribution < 1.29 is 12.8 Å². The lowest BCUT2D eigenvalue weighted by Gasteiger charge is -2.32. The minimum absolute atomic E-state index is 0.0245. The summed E-state index contributed by atoms with van der Waals surface area (Å²) in [6.07, 6.45) is 4.85. The number of hydrogen-bond donors (Lipinski definition) is 0. The third kappa shape index (κ3) is 5.16. The Bertz CT molecular complexity index is 1420. The molecule has 1 unspecified atom stereocenters. The van der Waals surface area contributed by atoms with Gasteiger partial charge in [0.2, 0.25) is 10.0 Å². The van der Waals surface area contributed by atoms with Gasteiger partial charge < -0.3 is 0 Å². The summed E-state index contributed by atoms with van der Waals surface area (Å²) < 4.78 is 43.3. The Morgan fingerprint density at radius 1 is 1.03 bits per heavy atom. The molecule has 1 aliphatic rings. The van der Waals surface area contributed by atoms with Crippen molar-refractivity contribution in [2.45, 2.75) is 31.4 Å². The number of rotatable bonds is 6. The number of piperidine rings is 1. The van der Waals surface area contributed by atoms with E-state index in [2.05, 4.69) is 9.97 Å². The molecule has 0 amide bonds. The molecule has 1 atom stereocenters. The van der Waals surface area contributed by atoms with E-state index in [0.717, 1.165) is 35.2 Å². The van der Waals surface area contributed by atoms with Crippen molar-refractivity contribution in [1.82, 2.24) is 24.1 Å². The summed E-state index contributed by atoms with van der Waals surface area (Å²) in [6, 6.07) is 17.4. The molecule has 1 saturated heterocycles. The molecule has 9 heteroatoms. The van der Waals surface area contributed by atoms with Crippen LogP contribution in [-0.2, 0) is 15.8 Å². The summed E-state index contributed by atoms with van der Waals surface area (Å²) in [5.41, 5.74) is 4.09. The van der Waals surface area contributed by atoms with Crippen molar-refractivity contribution >= 4 is 10.0 Å². The molecule has 0 spiro atoms. The van der Waals surface area contributed by atoms with Crippen molar-refractivity contribution in [1.29, 1.82) is 0 Å². The Morgan fingerprint density at radius 2 is 1.80 bits per heavy atom. The summed E-state index contributed by atoms with van der Waals surface area (Å²) in [7, 11) is -3.49. The standard InChI is InChI=1S/C26H26FN5O2S/c1-19-5-2-6-20(15-19)18-35(33,34)31-14-3-7-22(17-31)25-16-24(21-8-10-23(27)11-9-21)30-32(25)26-28-12-4-13-29-26/h2,4-6,8-13,15-16,22H,3,7,14,17-18H2,1H3. The van der Waals surface area contributed by atoms with E-state index in [1.807, 2.05) is 37.3 Å². The van der Waals surface area contributed by atoms with Crippen LogP contribution in [0.15, 0.2) is 73.1 Å². The van der Waals surface area contributed by atoms with Crippen LogP contribution in [0.2, 0.25) is 0 Å². The molecule has 1 fully saturated rings. The van der Waals surface area contributed by atoms with E-state index in [1.165, 1.54) is 12.1 Å². The van der Waals surface area contributed by atoms with Gasteiger partial charge in [0.15, 0.2) is 0 Å². The third-order valence-electron chi connectivity index (χ3n) is 6.25. The zero-order chi connectivity index (χ0) is 24.4. The molecule has 35 heavy (non-hydrogen) atoms. The number of halogens is 1. The van der Waals surface area contributed by atoms with Crippen LogP contribution >= 0.6 is 0 Å². The molecule has 2 aromatic heterocycles. The second-order valence-corrected chi connectivity index (χ2v) is 10.8. The third-order valence-corrected chi connectivity index (χ3v) is 8.06. The zero-order valence-corrected chi connectivity index (χ0v) is 20.2. The van der Waals surface area contributed by atoms with E-state index < -0.39 is 10.0 Å². The molecule has 180 valence electrons. The second kappa shape index (κ2) is 9.67. The number of nitrogens with zero attached hydrogens (tertiary/aromatic N) is 5. The Labute approximate surface area is 204 Å². The summed E-state index contributed by atoms with van der Waals surface area (Å²) in [4.78, 5) is 8.71. The van der Waals surface area contributed by atoms with Gasteiger partial charge >= 0.3 is 0 Å². The fourth-order valence-corrected chi connectivity index (χ4v) is 6.15. The van der Waals surface area contributed by atoms with Gasteiger partial charge in [-0.3, -0.25) is 0 Å². The Balaban J connectivity index is 1.47. The van der Waals surface area contributed by atoms with E-state index in [1.54, 1.807) is 39.6 Å². The van der Waals surface area contributed by atoms with Gasteiger partial charge in [-0.2, -0.15) is 5.10 Å². The first kappa shape index (κ1) is 23.3. The second-order valence-electron chi connectivity index (χ2n) is 8.86. The topological polar surface area (TPSA) is 81.0 Å². The maximum atomic E-state index is 13.5. The van der Waals surface area contributed by atoms with Crippen LogP contribution in [0, 0.1) is 12.7 Å². The molecule has 0 saturated carbocycles. The van der Waals surface area contributed by atoms with Gasteiger partial charge in [-0.1, -0.05) is 29.8 Å². The number of benzene rings is 2. The smallest absolute Gasteiger partial charge is 0.220 e. The van der Waals surface area contributed by atoms with E-state index in [-0.39, 0.29) is 17.5 Å². The monoisotopic (exact) mass is 491 g/mol. The molecule has 7 nitrogen and oxygen atoms in total. The predicted molar refractivity (Wildman–Crippen MR) is 132 cm³/mol. The maximum absolute atomic E-state index is 13.5. The summed E-state index contributed by atoms with van der Waals surface area (Å²) in [5, 5.41) is 4.72. The van der Waals surface area contributed by atoms with Gasteiger partial charge in [-0.05, 0) is 61.7 Å². The molecular weight excluding hydrogens is 465 g/mol. The van der Waals surface area contributed by atoms with Crippen LogP contribution in [-0.4, -0.2) is 45.6 Å². The van der Waals surface area contributed by atoms with Gasteiger partial charge in [0.25, 0.3) is 5.95 Å². The fourth-order valence-electron chi connectivity index (χ4n) is 4.55.